The number of carbonyl (C=O) groups is 1. The van der Waals surface area contributed by atoms with Crippen LogP contribution in [0.1, 0.15) is 86.0 Å². The number of ether oxygens (including phenoxy) is 1. The van der Waals surface area contributed by atoms with E-state index in [1.54, 1.807) is 0 Å². The van der Waals surface area contributed by atoms with E-state index in [1.807, 2.05) is 20.8 Å². The van der Waals surface area contributed by atoms with Gasteiger partial charge in [0.05, 0.1) is 0 Å². The summed E-state index contributed by atoms with van der Waals surface area (Å²) in [5.41, 5.74) is -0.439. The summed E-state index contributed by atoms with van der Waals surface area (Å²) in [6.45, 7) is 10.8. The van der Waals surface area contributed by atoms with E-state index in [0.29, 0.717) is 18.6 Å². The first-order valence-corrected chi connectivity index (χ1v) is 9.54. The summed E-state index contributed by atoms with van der Waals surface area (Å²) in [6.07, 6.45) is 9.96. The number of hydrogen-bond acceptors (Lipinski definition) is 3. The highest BCUT2D eigenvalue weighted by Crippen LogP contribution is 2.26. The van der Waals surface area contributed by atoms with Crippen molar-refractivity contribution in [1.29, 1.82) is 0 Å². The quantitative estimate of drug-likeness (QED) is 0.684. The molecule has 2 unspecified atom stereocenters. The van der Waals surface area contributed by atoms with Crippen molar-refractivity contribution in [3.05, 3.63) is 0 Å². The van der Waals surface area contributed by atoms with Gasteiger partial charge in [0.15, 0.2) is 0 Å². The molecule has 1 rings (SSSR count). The van der Waals surface area contributed by atoms with Crippen LogP contribution in [-0.2, 0) is 4.74 Å². The highest BCUT2D eigenvalue weighted by Gasteiger charge is 2.23. The number of amides is 1. The topological polar surface area (TPSA) is 50.4 Å². The third-order valence-corrected chi connectivity index (χ3v) is 4.65. The van der Waals surface area contributed by atoms with Crippen molar-refractivity contribution in [3.63, 3.8) is 0 Å². The van der Waals surface area contributed by atoms with Gasteiger partial charge in [0.1, 0.15) is 5.60 Å². The van der Waals surface area contributed by atoms with E-state index in [1.165, 1.54) is 44.9 Å². The normalized spacial score (nSPS) is 19.2. The Morgan fingerprint density at radius 3 is 2.43 bits per heavy atom. The lowest BCUT2D eigenvalue weighted by molar-refractivity contribution is 0.0520. The van der Waals surface area contributed by atoms with Crippen molar-refractivity contribution in [2.75, 3.05) is 6.54 Å². The lowest BCUT2D eigenvalue weighted by Gasteiger charge is -2.32. The first-order chi connectivity index (χ1) is 10.8. The third kappa shape index (κ3) is 9.19. The number of hydrogen-bond donors (Lipinski definition) is 2. The van der Waals surface area contributed by atoms with E-state index >= 15 is 0 Å². The zero-order valence-corrected chi connectivity index (χ0v) is 15.9. The van der Waals surface area contributed by atoms with E-state index in [-0.39, 0.29) is 6.09 Å². The van der Waals surface area contributed by atoms with Crippen molar-refractivity contribution < 1.29 is 9.53 Å². The van der Waals surface area contributed by atoms with Crippen molar-refractivity contribution in [1.82, 2.24) is 10.6 Å². The molecule has 1 aliphatic carbocycles. The summed E-state index contributed by atoms with van der Waals surface area (Å²) in [7, 11) is 0. The van der Waals surface area contributed by atoms with E-state index in [9.17, 15) is 4.79 Å². The molecule has 1 saturated carbocycles. The van der Waals surface area contributed by atoms with Gasteiger partial charge in [-0.25, -0.2) is 4.79 Å². The molecular formula is C19H38N2O2. The Balaban J connectivity index is 2.42. The van der Waals surface area contributed by atoms with E-state index in [0.717, 1.165) is 12.3 Å². The Kier molecular flexibility index (Phi) is 8.96. The fourth-order valence-electron chi connectivity index (χ4n) is 3.36. The average Bonchev–Trinajstić information content (AvgIpc) is 2.49. The predicted octanol–water partition coefficient (Wildman–Crippen LogP) is 4.63. The van der Waals surface area contributed by atoms with Crippen molar-refractivity contribution in [3.8, 4) is 0 Å². The van der Waals surface area contributed by atoms with Gasteiger partial charge in [-0.05, 0) is 52.9 Å². The van der Waals surface area contributed by atoms with Gasteiger partial charge in [0.25, 0.3) is 0 Å². The first kappa shape index (κ1) is 20.3. The van der Waals surface area contributed by atoms with Gasteiger partial charge in [0, 0.05) is 18.6 Å². The van der Waals surface area contributed by atoms with Crippen LogP contribution in [0.3, 0.4) is 0 Å². The maximum absolute atomic E-state index is 11.9. The Hall–Kier alpha value is -0.770. The molecule has 1 fully saturated rings. The molecule has 1 aliphatic rings. The molecule has 0 aromatic heterocycles. The minimum Gasteiger partial charge on any atom is -0.444 e. The molecule has 2 atom stereocenters. The summed E-state index contributed by atoms with van der Waals surface area (Å²) >= 11 is 0. The molecule has 0 bridgehead atoms. The molecule has 0 aromatic rings. The first-order valence-electron chi connectivity index (χ1n) is 9.54. The van der Waals surface area contributed by atoms with Crippen LogP contribution in [0.15, 0.2) is 0 Å². The second kappa shape index (κ2) is 10.2. The highest BCUT2D eigenvalue weighted by molar-refractivity contribution is 5.67. The molecule has 0 aromatic carbocycles. The van der Waals surface area contributed by atoms with E-state index < -0.39 is 5.60 Å². The molecule has 1 amide bonds. The van der Waals surface area contributed by atoms with Crippen LogP contribution in [0.5, 0.6) is 0 Å². The predicted molar refractivity (Wildman–Crippen MR) is 96.7 cm³/mol. The lowest BCUT2D eigenvalue weighted by atomic mass is 9.84. The van der Waals surface area contributed by atoms with Gasteiger partial charge in [-0.1, -0.05) is 39.0 Å². The van der Waals surface area contributed by atoms with Crippen LogP contribution in [0.4, 0.5) is 4.79 Å². The largest absolute Gasteiger partial charge is 0.444 e. The molecule has 23 heavy (non-hydrogen) atoms. The zero-order valence-electron chi connectivity index (χ0n) is 15.9. The molecule has 0 heterocycles. The smallest absolute Gasteiger partial charge is 0.407 e. The molecule has 4 nitrogen and oxygen atoms in total. The van der Waals surface area contributed by atoms with Gasteiger partial charge in [-0.3, -0.25) is 0 Å². The molecule has 0 saturated heterocycles. The summed E-state index contributed by atoms with van der Waals surface area (Å²) < 4.78 is 5.34. The Morgan fingerprint density at radius 1 is 1.22 bits per heavy atom. The molecule has 136 valence electrons. The lowest BCUT2D eigenvalue weighted by Crippen LogP contribution is -2.48. The van der Waals surface area contributed by atoms with Gasteiger partial charge >= 0.3 is 6.09 Å². The summed E-state index contributed by atoms with van der Waals surface area (Å²) in [5.74, 6) is 0.786. The van der Waals surface area contributed by atoms with E-state index in [4.69, 9.17) is 4.74 Å². The Morgan fingerprint density at radius 2 is 1.87 bits per heavy atom. The third-order valence-electron chi connectivity index (χ3n) is 4.65. The fourth-order valence-corrected chi connectivity index (χ4v) is 3.36. The fraction of sp³-hybridized carbons (Fsp3) is 0.947. The van der Waals surface area contributed by atoms with Gasteiger partial charge in [-0.15, -0.1) is 0 Å². The SMILES string of the molecule is CCCCC(CNC(=O)OC(C)(C)C)NC(C)C1CCCCC1. The van der Waals surface area contributed by atoms with Crippen LogP contribution >= 0.6 is 0 Å². The number of unbranched alkanes of at least 4 members (excludes halogenated alkanes) is 1. The van der Waals surface area contributed by atoms with Crippen LogP contribution < -0.4 is 10.6 Å². The number of carbonyl (C=O) groups excluding carboxylic acids is 1. The van der Waals surface area contributed by atoms with E-state index in [2.05, 4.69) is 24.5 Å². The molecule has 4 heteroatoms. The number of rotatable bonds is 8. The van der Waals surface area contributed by atoms with Crippen LogP contribution in [0.25, 0.3) is 0 Å². The monoisotopic (exact) mass is 326 g/mol. The Bertz CT molecular complexity index is 333. The summed E-state index contributed by atoms with van der Waals surface area (Å²) in [6, 6.07) is 0.858. The van der Waals surface area contributed by atoms with Crippen LogP contribution in [-0.4, -0.2) is 30.3 Å². The van der Waals surface area contributed by atoms with Crippen LogP contribution in [0.2, 0.25) is 0 Å². The maximum atomic E-state index is 11.9. The molecular weight excluding hydrogens is 288 g/mol. The minimum atomic E-state index is -0.439. The molecule has 0 aliphatic heterocycles. The summed E-state index contributed by atoms with van der Waals surface area (Å²) in [4.78, 5) is 11.9. The maximum Gasteiger partial charge on any atom is 0.407 e. The van der Waals surface area contributed by atoms with Gasteiger partial charge < -0.3 is 15.4 Å². The summed E-state index contributed by atoms with van der Waals surface area (Å²) in [5, 5.41) is 6.70. The van der Waals surface area contributed by atoms with Crippen LogP contribution in [0, 0.1) is 5.92 Å². The standard InChI is InChI=1S/C19H38N2O2/c1-6-7-13-17(14-20-18(22)23-19(3,4)5)21-15(2)16-11-9-8-10-12-16/h15-17,21H,6-14H2,1-5H3,(H,20,22). The second-order valence-corrected chi connectivity index (χ2v) is 8.08. The van der Waals surface area contributed by atoms with Gasteiger partial charge in [-0.2, -0.15) is 0 Å². The van der Waals surface area contributed by atoms with Gasteiger partial charge in [0.2, 0.25) is 0 Å². The minimum absolute atomic E-state index is 0.314. The van der Waals surface area contributed by atoms with Crippen molar-refractivity contribution in [2.24, 2.45) is 5.92 Å². The van der Waals surface area contributed by atoms with Crippen molar-refractivity contribution in [2.45, 2.75) is 104 Å². The second-order valence-electron chi connectivity index (χ2n) is 8.08. The zero-order chi connectivity index (χ0) is 17.3. The average molecular weight is 327 g/mol. The molecule has 0 radical (unpaired) electrons. The molecule has 2 N–H and O–H groups in total. The highest BCUT2D eigenvalue weighted by atomic mass is 16.6. The molecule has 0 spiro atoms. The number of nitrogens with one attached hydrogen (secondary N) is 2. The number of alkyl carbamates (subject to hydrolysis) is 1. The Labute approximate surface area is 143 Å². The van der Waals surface area contributed by atoms with Crippen molar-refractivity contribution >= 4 is 6.09 Å².